The van der Waals surface area contributed by atoms with Crippen LogP contribution >= 0.6 is 24.0 Å². The standard InChI is InChI=1S/C20H28FN5.HI/c1-3-23-20(24-9-7-17-5-4-6-18(21)13-17)25-11-8-16(2)19(14-25)26-12-10-22-15-26;/h4-6,10,12-13,15-16,19H,3,7-9,11,14H2,1-2H3,(H,23,24);1H. The third-order valence-corrected chi connectivity index (χ3v) is 5.01. The Balaban J connectivity index is 0.00000261. The highest BCUT2D eigenvalue weighted by atomic mass is 127. The van der Waals surface area contributed by atoms with Gasteiger partial charge in [0.15, 0.2) is 5.96 Å². The number of guanidine groups is 1. The van der Waals surface area contributed by atoms with E-state index in [1.54, 1.807) is 12.1 Å². The Hall–Kier alpha value is -1.64. The smallest absolute Gasteiger partial charge is 0.193 e. The summed E-state index contributed by atoms with van der Waals surface area (Å²) in [5.74, 6) is 1.36. The van der Waals surface area contributed by atoms with E-state index in [4.69, 9.17) is 4.99 Å². The van der Waals surface area contributed by atoms with Crippen molar-refractivity contribution in [2.24, 2.45) is 10.9 Å². The van der Waals surface area contributed by atoms with Crippen molar-refractivity contribution in [2.75, 3.05) is 26.2 Å². The first kappa shape index (κ1) is 21.7. The lowest BCUT2D eigenvalue weighted by atomic mass is 9.93. The Morgan fingerprint density at radius 1 is 1.41 bits per heavy atom. The van der Waals surface area contributed by atoms with Gasteiger partial charge in [-0.3, -0.25) is 4.99 Å². The van der Waals surface area contributed by atoms with Crippen LogP contribution in [0.5, 0.6) is 0 Å². The van der Waals surface area contributed by atoms with Crippen LogP contribution < -0.4 is 5.32 Å². The van der Waals surface area contributed by atoms with E-state index in [-0.39, 0.29) is 29.8 Å². The molecule has 1 aromatic carbocycles. The zero-order valence-electron chi connectivity index (χ0n) is 16.0. The monoisotopic (exact) mass is 485 g/mol. The van der Waals surface area contributed by atoms with Crippen LogP contribution in [0, 0.1) is 11.7 Å². The van der Waals surface area contributed by atoms with Crippen molar-refractivity contribution >= 4 is 29.9 Å². The van der Waals surface area contributed by atoms with Gasteiger partial charge in [0.05, 0.1) is 12.4 Å². The molecule has 2 atom stereocenters. The molecule has 2 aromatic rings. The summed E-state index contributed by atoms with van der Waals surface area (Å²) in [5, 5.41) is 3.41. The Kier molecular flexibility index (Phi) is 8.53. The first-order valence-corrected chi connectivity index (χ1v) is 9.42. The quantitative estimate of drug-likeness (QED) is 0.399. The Labute approximate surface area is 178 Å². The lowest BCUT2D eigenvalue weighted by Crippen LogP contribution is -2.49. The molecule has 7 heteroatoms. The van der Waals surface area contributed by atoms with Crippen LogP contribution in [-0.4, -0.2) is 46.6 Å². The molecule has 0 saturated carbocycles. The van der Waals surface area contributed by atoms with Crippen LogP contribution in [0.3, 0.4) is 0 Å². The first-order valence-electron chi connectivity index (χ1n) is 9.42. The number of rotatable bonds is 5. The maximum Gasteiger partial charge on any atom is 0.193 e. The lowest BCUT2D eigenvalue weighted by molar-refractivity contribution is 0.189. The average molecular weight is 485 g/mol. The molecule has 1 aliphatic rings. The third kappa shape index (κ3) is 5.92. The van der Waals surface area contributed by atoms with Crippen molar-refractivity contribution in [3.63, 3.8) is 0 Å². The molecule has 2 unspecified atom stereocenters. The predicted molar refractivity (Wildman–Crippen MR) is 118 cm³/mol. The van der Waals surface area contributed by atoms with E-state index in [1.165, 1.54) is 6.07 Å². The van der Waals surface area contributed by atoms with Crippen LogP contribution in [0.2, 0.25) is 0 Å². The summed E-state index contributed by atoms with van der Waals surface area (Å²) < 4.78 is 15.5. The number of imidazole rings is 1. The maximum atomic E-state index is 13.3. The minimum absolute atomic E-state index is 0. The fourth-order valence-corrected chi connectivity index (χ4v) is 3.50. The summed E-state index contributed by atoms with van der Waals surface area (Å²) in [6.45, 7) is 7.79. The van der Waals surface area contributed by atoms with Crippen LogP contribution in [0.1, 0.15) is 31.9 Å². The highest BCUT2D eigenvalue weighted by Gasteiger charge is 2.28. The van der Waals surface area contributed by atoms with E-state index >= 15 is 0 Å². The Morgan fingerprint density at radius 3 is 2.96 bits per heavy atom. The normalized spacial score (nSPS) is 20.3. The number of nitrogens with one attached hydrogen (secondary N) is 1. The summed E-state index contributed by atoms with van der Waals surface area (Å²) in [5.41, 5.74) is 0.980. The van der Waals surface area contributed by atoms with Gasteiger partial charge >= 0.3 is 0 Å². The molecular weight excluding hydrogens is 456 g/mol. The van der Waals surface area contributed by atoms with Crippen LogP contribution in [0.15, 0.2) is 48.0 Å². The average Bonchev–Trinajstić information content (AvgIpc) is 3.16. The molecule has 5 nitrogen and oxygen atoms in total. The molecule has 0 spiro atoms. The van der Waals surface area contributed by atoms with Crippen molar-refractivity contribution in [1.82, 2.24) is 19.8 Å². The zero-order valence-corrected chi connectivity index (χ0v) is 18.3. The molecular formula is C20H29FIN5. The molecule has 1 aliphatic heterocycles. The van der Waals surface area contributed by atoms with Gasteiger partial charge in [0.1, 0.15) is 5.82 Å². The largest absolute Gasteiger partial charge is 0.357 e. The van der Waals surface area contributed by atoms with Gasteiger partial charge in [-0.2, -0.15) is 0 Å². The van der Waals surface area contributed by atoms with Crippen molar-refractivity contribution in [2.45, 2.75) is 32.7 Å². The molecule has 1 N–H and O–H groups in total. The van der Waals surface area contributed by atoms with Gasteiger partial charge in [0, 0.05) is 38.6 Å². The Morgan fingerprint density at radius 2 is 2.26 bits per heavy atom. The summed E-state index contributed by atoms with van der Waals surface area (Å²) >= 11 is 0. The van der Waals surface area contributed by atoms with Gasteiger partial charge in [0.2, 0.25) is 0 Å². The topological polar surface area (TPSA) is 45.5 Å². The molecule has 148 valence electrons. The predicted octanol–water partition coefficient (Wildman–Crippen LogP) is 3.73. The van der Waals surface area contributed by atoms with E-state index in [2.05, 4.69) is 33.6 Å². The molecule has 1 fully saturated rings. The summed E-state index contributed by atoms with van der Waals surface area (Å²) in [7, 11) is 0. The van der Waals surface area contributed by atoms with Crippen LogP contribution in [-0.2, 0) is 6.42 Å². The number of hydrogen-bond acceptors (Lipinski definition) is 2. The molecule has 0 bridgehead atoms. The highest BCUT2D eigenvalue weighted by molar-refractivity contribution is 14.0. The Bertz CT molecular complexity index is 719. The number of aromatic nitrogens is 2. The number of nitrogens with zero attached hydrogens (tertiary/aromatic N) is 4. The molecule has 2 heterocycles. The SMILES string of the molecule is CCNC(=NCCc1cccc(F)c1)N1CCC(C)C(n2ccnc2)C1.I. The molecule has 0 radical (unpaired) electrons. The maximum absolute atomic E-state index is 13.3. The van der Waals surface area contributed by atoms with Crippen molar-refractivity contribution in [3.8, 4) is 0 Å². The van der Waals surface area contributed by atoms with Gasteiger partial charge in [0.25, 0.3) is 0 Å². The molecule has 27 heavy (non-hydrogen) atoms. The minimum atomic E-state index is -0.188. The van der Waals surface area contributed by atoms with Gasteiger partial charge in [-0.15, -0.1) is 24.0 Å². The number of hydrogen-bond donors (Lipinski definition) is 1. The number of halogens is 2. The van der Waals surface area contributed by atoms with E-state index in [0.29, 0.717) is 18.5 Å². The summed E-state index contributed by atoms with van der Waals surface area (Å²) in [4.78, 5) is 11.3. The van der Waals surface area contributed by atoms with Crippen molar-refractivity contribution < 1.29 is 4.39 Å². The van der Waals surface area contributed by atoms with Crippen LogP contribution in [0.4, 0.5) is 4.39 Å². The fraction of sp³-hybridized carbons (Fsp3) is 0.500. The minimum Gasteiger partial charge on any atom is -0.357 e. The van der Waals surface area contributed by atoms with Crippen LogP contribution in [0.25, 0.3) is 0 Å². The molecule has 1 aromatic heterocycles. The molecule has 0 aliphatic carbocycles. The summed E-state index contributed by atoms with van der Waals surface area (Å²) in [6.07, 6.45) is 7.64. The molecule has 0 amide bonds. The lowest BCUT2D eigenvalue weighted by Gasteiger charge is -2.39. The second-order valence-corrected chi connectivity index (χ2v) is 6.90. The second kappa shape index (κ2) is 10.6. The number of piperidine rings is 1. The second-order valence-electron chi connectivity index (χ2n) is 6.90. The van der Waals surface area contributed by atoms with Gasteiger partial charge in [-0.1, -0.05) is 19.1 Å². The van der Waals surface area contributed by atoms with Gasteiger partial charge in [-0.05, 0) is 43.4 Å². The highest BCUT2D eigenvalue weighted by Crippen LogP contribution is 2.27. The molecule has 1 saturated heterocycles. The van der Waals surface area contributed by atoms with Gasteiger partial charge < -0.3 is 14.8 Å². The van der Waals surface area contributed by atoms with Crippen molar-refractivity contribution in [1.29, 1.82) is 0 Å². The van der Waals surface area contributed by atoms with E-state index in [9.17, 15) is 4.39 Å². The number of likely N-dealkylation sites (tertiary alicyclic amines) is 1. The number of aliphatic imine (C=N–C) groups is 1. The summed E-state index contributed by atoms with van der Waals surface area (Å²) in [6, 6.07) is 7.16. The van der Waals surface area contributed by atoms with E-state index in [0.717, 1.165) is 44.0 Å². The number of benzene rings is 1. The first-order chi connectivity index (χ1) is 12.7. The molecule has 3 rings (SSSR count). The fourth-order valence-electron chi connectivity index (χ4n) is 3.50. The third-order valence-electron chi connectivity index (χ3n) is 5.01. The van der Waals surface area contributed by atoms with E-state index < -0.39 is 0 Å². The zero-order chi connectivity index (χ0) is 18.4. The van der Waals surface area contributed by atoms with Gasteiger partial charge in [-0.25, -0.2) is 9.37 Å². The van der Waals surface area contributed by atoms with E-state index in [1.807, 2.05) is 24.8 Å². The van der Waals surface area contributed by atoms with Crippen molar-refractivity contribution in [3.05, 3.63) is 54.4 Å².